The summed E-state index contributed by atoms with van der Waals surface area (Å²) in [5.41, 5.74) is 4.15. The zero-order chi connectivity index (χ0) is 16.1. The van der Waals surface area contributed by atoms with Crippen molar-refractivity contribution in [3.8, 4) is 5.75 Å². The third-order valence-corrected chi connectivity index (χ3v) is 3.86. The zero-order valence-electron chi connectivity index (χ0n) is 14.4. The van der Waals surface area contributed by atoms with Crippen LogP contribution in [0.2, 0.25) is 0 Å². The normalized spacial score (nSPS) is 10.0. The van der Waals surface area contributed by atoms with Crippen LogP contribution in [0.15, 0.2) is 25.3 Å². The molecule has 1 aromatic rings. The maximum Gasteiger partial charge on any atom is 0.119 e. The van der Waals surface area contributed by atoms with E-state index in [2.05, 4.69) is 40.0 Å². The molecule has 0 aliphatic carbocycles. The number of aromatic hydroxyl groups is 1. The summed E-state index contributed by atoms with van der Waals surface area (Å²) >= 11 is 0. The maximum atomic E-state index is 10.2. The molecule has 21 heavy (non-hydrogen) atoms. The first-order valence-corrected chi connectivity index (χ1v) is 8.57. The highest BCUT2D eigenvalue weighted by molar-refractivity contribution is 5.45. The van der Waals surface area contributed by atoms with Gasteiger partial charge in [-0.15, -0.1) is 13.2 Å². The van der Waals surface area contributed by atoms with Gasteiger partial charge in [0.1, 0.15) is 5.75 Å². The lowest BCUT2D eigenvalue weighted by Gasteiger charge is -2.16. The molecule has 1 heteroatoms. The summed E-state index contributed by atoms with van der Waals surface area (Å²) in [7, 11) is 0. The molecule has 0 heterocycles. The van der Waals surface area contributed by atoms with Crippen molar-refractivity contribution in [2.45, 2.75) is 78.6 Å². The Kier molecular flexibility index (Phi) is 11.8. The largest absolute Gasteiger partial charge is 0.508 e. The van der Waals surface area contributed by atoms with Crippen LogP contribution in [0, 0.1) is 0 Å². The first kappa shape index (κ1) is 19.8. The molecule has 1 rings (SSSR count). The van der Waals surface area contributed by atoms with E-state index < -0.39 is 0 Å². The summed E-state index contributed by atoms with van der Waals surface area (Å²) in [6.45, 7) is 12.7. The SMILES string of the molecule is C=C.CCCCc1ccc(O)c(CCCC)c1CCCC. The molecule has 120 valence electrons. The van der Waals surface area contributed by atoms with E-state index in [-0.39, 0.29) is 0 Å². The van der Waals surface area contributed by atoms with Crippen LogP contribution >= 0.6 is 0 Å². The first-order valence-electron chi connectivity index (χ1n) is 8.57. The number of hydrogen-bond acceptors (Lipinski definition) is 1. The van der Waals surface area contributed by atoms with Crippen molar-refractivity contribution in [2.75, 3.05) is 0 Å². The van der Waals surface area contributed by atoms with E-state index in [1.54, 1.807) is 0 Å². The Balaban J connectivity index is 0.00000191. The second-order valence-corrected chi connectivity index (χ2v) is 5.51. The Morgan fingerprint density at radius 3 is 1.76 bits per heavy atom. The van der Waals surface area contributed by atoms with Crippen molar-refractivity contribution >= 4 is 0 Å². The molecule has 0 saturated carbocycles. The molecule has 0 spiro atoms. The molecule has 0 aliphatic rings. The van der Waals surface area contributed by atoms with Gasteiger partial charge in [0.2, 0.25) is 0 Å². The van der Waals surface area contributed by atoms with Crippen LogP contribution in [0.25, 0.3) is 0 Å². The minimum atomic E-state index is 0.514. The molecule has 1 N–H and O–H groups in total. The van der Waals surface area contributed by atoms with Gasteiger partial charge in [0.05, 0.1) is 0 Å². The number of unbranched alkanes of at least 4 members (excludes halogenated alkanes) is 3. The summed E-state index contributed by atoms with van der Waals surface area (Å²) in [6.07, 6.45) is 10.6. The molecule has 0 fully saturated rings. The molecule has 0 unspecified atom stereocenters. The number of aryl methyl sites for hydroxylation is 1. The molecule has 0 radical (unpaired) electrons. The van der Waals surface area contributed by atoms with Crippen molar-refractivity contribution < 1.29 is 5.11 Å². The molecule has 0 aromatic heterocycles. The lowest BCUT2D eigenvalue weighted by atomic mass is 9.90. The van der Waals surface area contributed by atoms with Gasteiger partial charge in [-0.25, -0.2) is 0 Å². The van der Waals surface area contributed by atoms with Gasteiger partial charge in [-0.05, 0) is 61.3 Å². The van der Waals surface area contributed by atoms with E-state index in [9.17, 15) is 5.11 Å². The number of benzene rings is 1. The Bertz CT molecular complexity index is 382. The number of phenolic OH excluding ortho intramolecular Hbond substituents is 1. The summed E-state index contributed by atoms with van der Waals surface area (Å²) in [4.78, 5) is 0. The Morgan fingerprint density at radius 1 is 0.762 bits per heavy atom. The van der Waals surface area contributed by atoms with E-state index >= 15 is 0 Å². The average Bonchev–Trinajstić information content (AvgIpc) is 2.52. The maximum absolute atomic E-state index is 10.2. The topological polar surface area (TPSA) is 20.2 Å². The summed E-state index contributed by atoms with van der Waals surface area (Å²) in [5, 5.41) is 10.2. The highest BCUT2D eigenvalue weighted by Gasteiger charge is 2.12. The van der Waals surface area contributed by atoms with Crippen LogP contribution < -0.4 is 0 Å². The van der Waals surface area contributed by atoms with Crippen LogP contribution in [-0.4, -0.2) is 5.11 Å². The minimum absolute atomic E-state index is 0.514. The molecule has 0 bridgehead atoms. The van der Waals surface area contributed by atoms with Crippen LogP contribution in [0.4, 0.5) is 0 Å². The fourth-order valence-electron chi connectivity index (χ4n) is 2.63. The van der Waals surface area contributed by atoms with Crippen molar-refractivity contribution in [1.29, 1.82) is 0 Å². The van der Waals surface area contributed by atoms with Crippen LogP contribution in [-0.2, 0) is 19.3 Å². The van der Waals surface area contributed by atoms with E-state index in [4.69, 9.17) is 0 Å². The van der Waals surface area contributed by atoms with E-state index in [1.165, 1.54) is 55.2 Å². The Hall–Kier alpha value is -1.24. The molecular formula is C20H34O. The van der Waals surface area contributed by atoms with E-state index in [0.717, 1.165) is 19.3 Å². The highest BCUT2D eigenvalue weighted by Crippen LogP contribution is 2.29. The van der Waals surface area contributed by atoms with Gasteiger partial charge < -0.3 is 5.11 Å². The predicted octanol–water partition coefficient (Wildman–Crippen LogP) is 6.22. The van der Waals surface area contributed by atoms with Gasteiger partial charge in [0.25, 0.3) is 0 Å². The lowest BCUT2D eigenvalue weighted by Crippen LogP contribution is -2.02. The number of phenols is 1. The quantitative estimate of drug-likeness (QED) is 0.535. The molecule has 0 amide bonds. The van der Waals surface area contributed by atoms with Gasteiger partial charge in [-0.1, -0.05) is 46.1 Å². The molecule has 1 nitrogen and oxygen atoms in total. The lowest BCUT2D eigenvalue weighted by molar-refractivity contribution is 0.465. The number of rotatable bonds is 9. The Morgan fingerprint density at radius 2 is 1.24 bits per heavy atom. The second kappa shape index (κ2) is 12.5. The first-order chi connectivity index (χ1) is 10.2. The minimum Gasteiger partial charge on any atom is -0.508 e. The third-order valence-electron chi connectivity index (χ3n) is 3.86. The highest BCUT2D eigenvalue weighted by atomic mass is 16.3. The second-order valence-electron chi connectivity index (χ2n) is 5.51. The molecule has 0 saturated heterocycles. The van der Waals surface area contributed by atoms with Gasteiger partial charge >= 0.3 is 0 Å². The standard InChI is InChI=1S/C18H30O.C2H4/c1-4-7-10-15-13-14-18(19)17(12-9-6-3)16(15)11-8-5-2;1-2/h13-14,19H,4-12H2,1-3H3;1-2H2. The molecular weight excluding hydrogens is 256 g/mol. The average molecular weight is 290 g/mol. The zero-order valence-corrected chi connectivity index (χ0v) is 14.4. The van der Waals surface area contributed by atoms with Gasteiger partial charge in [-0.2, -0.15) is 0 Å². The molecule has 1 aromatic carbocycles. The van der Waals surface area contributed by atoms with E-state index in [1.807, 2.05) is 6.07 Å². The third kappa shape index (κ3) is 6.84. The van der Waals surface area contributed by atoms with Gasteiger partial charge in [-0.3, -0.25) is 0 Å². The summed E-state index contributed by atoms with van der Waals surface area (Å²) in [6, 6.07) is 4.05. The van der Waals surface area contributed by atoms with Crippen LogP contribution in [0.3, 0.4) is 0 Å². The fourth-order valence-corrected chi connectivity index (χ4v) is 2.63. The smallest absolute Gasteiger partial charge is 0.119 e. The van der Waals surface area contributed by atoms with Gasteiger partial charge in [0.15, 0.2) is 0 Å². The van der Waals surface area contributed by atoms with Crippen LogP contribution in [0.1, 0.15) is 76.0 Å². The Labute approximate surface area is 132 Å². The molecule has 0 aliphatic heterocycles. The summed E-state index contributed by atoms with van der Waals surface area (Å²) < 4.78 is 0. The van der Waals surface area contributed by atoms with Crippen molar-refractivity contribution in [3.05, 3.63) is 42.0 Å². The number of hydrogen-bond donors (Lipinski definition) is 1. The summed E-state index contributed by atoms with van der Waals surface area (Å²) in [5.74, 6) is 0.514. The predicted molar refractivity (Wildman–Crippen MR) is 95.2 cm³/mol. The fraction of sp³-hybridized carbons (Fsp3) is 0.600. The molecule has 0 atom stereocenters. The van der Waals surface area contributed by atoms with Crippen molar-refractivity contribution in [3.63, 3.8) is 0 Å². The monoisotopic (exact) mass is 290 g/mol. The van der Waals surface area contributed by atoms with Crippen molar-refractivity contribution in [1.82, 2.24) is 0 Å². The van der Waals surface area contributed by atoms with Gasteiger partial charge in [0, 0.05) is 0 Å². The van der Waals surface area contributed by atoms with E-state index in [0.29, 0.717) is 5.75 Å². The van der Waals surface area contributed by atoms with Crippen molar-refractivity contribution in [2.24, 2.45) is 0 Å². The van der Waals surface area contributed by atoms with Crippen LogP contribution in [0.5, 0.6) is 5.75 Å².